The second-order valence-corrected chi connectivity index (χ2v) is 9.98. The molecule has 172 valence electrons. The number of piperidine rings is 1. The van der Waals surface area contributed by atoms with Crippen LogP contribution in [0.1, 0.15) is 47.2 Å². The standard InChI is InChI=1S/C24H30N2O5S/c1-25(18-20-6-11-21(12-7-20)24(28)31-2)23(27)15-10-19-8-13-22(14-9-19)32(29,30)26-16-4-3-5-17-26/h6-9,11-14H,3-5,10,15-18H2,1-2H3. The molecule has 2 aromatic rings. The van der Waals surface area contributed by atoms with E-state index < -0.39 is 16.0 Å². The number of rotatable bonds is 8. The number of sulfonamides is 1. The number of carbonyl (C=O) groups excluding carboxylic acids is 2. The Labute approximate surface area is 190 Å². The second kappa shape index (κ2) is 10.7. The Kier molecular flexibility index (Phi) is 8.04. The van der Waals surface area contributed by atoms with Crippen LogP contribution in [0.25, 0.3) is 0 Å². The van der Waals surface area contributed by atoms with Crippen molar-refractivity contribution in [2.75, 3.05) is 27.2 Å². The van der Waals surface area contributed by atoms with E-state index in [-0.39, 0.29) is 5.91 Å². The average Bonchev–Trinajstić information content (AvgIpc) is 2.83. The van der Waals surface area contributed by atoms with Gasteiger partial charge in [-0.1, -0.05) is 30.7 Å². The predicted molar refractivity (Wildman–Crippen MR) is 122 cm³/mol. The first-order chi connectivity index (χ1) is 15.3. The highest BCUT2D eigenvalue weighted by Crippen LogP contribution is 2.21. The maximum Gasteiger partial charge on any atom is 0.337 e. The van der Waals surface area contributed by atoms with Gasteiger partial charge in [0, 0.05) is 33.1 Å². The molecule has 0 saturated carbocycles. The van der Waals surface area contributed by atoms with Crippen molar-refractivity contribution in [2.45, 2.75) is 43.5 Å². The van der Waals surface area contributed by atoms with E-state index in [2.05, 4.69) is 4.74 Å². The predicted octanol–water partition coefficient (Wildman–Crippen LogP) is 3.24. The number of hydrogen-bond acceptors (Lipinski definition) is 5. The monoisotopic (exact) mass is 458 g/mol. The van der Waals surface area contributed by atoms with Gasteiger partial charge in [0.2, 0.25) is 15.9 Å². The lowest BCUT2D eigenvalue weighted by Gasteiger charge is -2.25. The first-order valence-electron chi connectivity index (χ1n) is 10.8. The van der Waals surface area contributed by atoms with Gasteiger partial charge < -0.3 is 9.64 Å². The number of esters is 1. The van der Waals surface area contributed by atoms with E-state index in [1.807, 2.05) is 0 Å². The Morgan fingerprint density at radius 1 is 0.938 bits per heavy atom. The van der Waals surface area contributed by atoms with Gasteiger partial charge in [0.15, 0.2) is 0 Å². The van der Waals surface area contributed by atoms with E-state index in [4.69, 9.17) is 0 Å². The SMILES string of the molecule is COC(=O)c1ccc(CN(C)C(=O)CCc2ccc(S(=O)(=O)N3CCCCC3)cc2)cc1. The molecule has 0 atom stereocenters. The molecular formula is C24H30N2O5S. The second-order valence-electron chi connectivity index (χ2n) is 8.05. The van der Waals surface area contributed by atoms with Crippen molar-refractivity contribution in [3.8, 4) is 0 Å². The number of nitrogens with zero attached hydrogens (tertiary/aromatic N) is 2. The fraction of sp³-hybridized carbons (Fsp3) is 0.417. The summed E-state index contributed by atoms with van der Waals surface area (Å²) < 4.78 is 31.7. The van der Waals surface area contributed by atoms with Crippen molar-refractivity contribution in [1.82, 2.24) is 9.21 Å². The molecule has 0 aromatic heterocycles. The van der Waals surface area contributed by atoms with Gasteiger partial charge in [-0.05, 0) is 54.7 Å². The molecule has 3 rings (SSSR count). The topological polar surface area (TPSA) is 84.0 Å². The molecule has 1 amide bonds. The molecule has 1 fully saturated rings. The van der Waals surface area contributed by atoms with Crippen LogP contribution in [-0.2, 0) is 32.5 Å². The van der Waals surface area contributed by atoms with E-state index >= 15 is 0 Å². The quantitative estimate of drug-likeness (QED) is 0.567. The Bertz CT molecular complexity index is 1030. The van der Waals surface area contributed by atoms with Crippen molar-refractivity contribution >= 4 is 21.9 Å². The minimum absolute atomic E-state index is 0.00735. The summed E-state index contributed by atoms with van der Waals surface area (Å²) in [5.74, 6) is -0.400. The number of hydrogen-bond donors (Lipinski definition) is 0. The summed E-state index contributed by atoms with van der Waals surface area (Å²) in [4.78, 5) is 26.0. The summed E-state index contributed by atoms with van der Waals surface area (Å²) >= 11 is 0. The Morgan fingerprint density at radius 3 is 2.12 bits per heavy atom. The maximum atomic E-state index is 12.7. The molecule has 0 unspecified atom stereocenters. The van der Waals surface area contributed by atoms with Gasteiger partial charge in [-0.15, -0.1) is 0 Å². The zero-order valence-electron chi connectivity index (χ0n) is 18.6. The lowest BCUT2D eigenvalue weighted by Crippen LogP contribution is -2.35. The molecule has 1 saturated heterocycles. The van der Waals surface area contributed by atoms with Crippen LogP contribution < -0.4 is 0 Å². The van der Waals surface area contributed by atoms with E-state index in [1.54, 1.807) is 64.8 Å². The molecule has 32 heavy (non-hydrogen) atoms. The van der Waals surface area contributed by atoms with Crippen molar-refractivity contribution < 1.29 is 22.7 Å². The molecule has 0 N–H and O–H groups in total. The summed E-state index contributed by atoms with van der Waals surface area (Å²) in [5, 5.41) is 0. The number of aryl methyl sites for hydroxylation is 1. The van der Waals surface area contributed by atoms with E-state index in [0.717, 1.165) is 30.4 Å². The minimum Gasteiger partial charge on any atom is -0.465 e. The van der Waals surface area contributed by atoms with Crippen LogP contribution in [0.5, 0.6) is 0 Å². The van der Waals surface area contributed by atoms with E-state index in [0.29, 0.717) is 42.9 Å². The highest BCUT2D eigenvalue weighted by atomic mass is 32.2. The Balaban J connectivity index is 1.52. The molecule has 0 radical (unpaired) electrons. The molecule has 1 heterocycles. The number of carbonyl (C=O) groups is 2. The lowest BCUT2D eigenvalue weighted by atomic mass is 10.1. The molecule has 1 aliphatic heterocycles. The number of ether oxygens (including phenoxy) is 1. The van der Waals surface area contributed by atoms with Crippen LogP contribution in [0.2, 0.25) is 0 Å². The van der Waals surface area contributed by atoms with Crippen LogP contribution in [-0.4, -0.2) is 56.7 Å². The smallest absolute Gasteiger partial charge is 0.337 e. The molecule has 2 aromatic carbocycles. The van der Waals surface area contributed by atoms with Gasteiger partial charge in [-0.25, -0.2) is 13.2 Å². The average molecular weight is 459 g/mol. The summed E-state index contributed by atoms with van der Waals surface area (Å²) in [6.07, 6.45) is 3.75. The van der Waals surface area contributed by atoms with Crippen LogP contribution in [0, 0.1) is 0 Å². The van der Waals surface area contributed by atoms with Crippen LogP contribution in [0.15, 0.2) is 53.4 Å². The number of amides is 1. The largest absolute Gasteiger partial charge is 0.465 e. The molecule has 0 aliphatic carbocycles. The van der Waals surface area contributed by atoms with Gasteiger partial charge in [-0.2, -0.15) is 4.31 Å². The molecule has 7 nitrogen and oxygen atoms in total. The number of benzene rings is 2. The molecular weight excluding hydrogens is 428 g/mol. The van der Waals surface area contributed by atoms with Gasteiger partial charge >= 0.3 is 5.97 Å². The van der Waals surface area contributed by atoms with E-state index in [1.165, 1.54) is 7.11 Å². The zero-order valence-corrected chi connectivity index (χ0v) is 19.4. The van der Waals surface area contributed by atoms with Gasteiger partial charge in [-0.3, -0.25) is 4.79 Å². The van der Waals surface area contributed by atoms with Crippen molar-refractivity contribution in [1.29, 1.82) is 0 Å². The van der Waals surface area contributed by atoms with Crippen molar-refractivity contribution in [3.05, 3.63) is 65.2 Å². The van der Waals surface area contributed by atoms with Crippen molar-refractivity contribution in [3.63, 3.8) is 0 Å². The highest BCUT2D eigenvalue weighted by Gasteiger charge is 2.25. The van der Waals surface area contributed by atoms with Crippen LogP contribution in [0.3, 0.4) is 0 Å². The summed E-state index contributed by atoms with van der Waals surface area (Å²) in [5.41, 5.74) is 2.31. The van der Waals surface area contributed by atoms with Gasteiger partial charge in [0.25, 0.3) is 0 Å². The normalized spacial score (nSPS) is 14.7. The Hall–Kier alpha value is -2.71. The minimum atomic E-state index is -3.44. The Morgan fingerprint density at radius 2 is 1.53 bits per heavy atom. The van der Waals surface area contributed by atoms with Crippen molar-refractivity contribution in [2.24, 2.45) is 0 Å². The summed E-state index contributed by atoms with van der Waals surface area (Å²) in [6, 6.07) is 13.8. The summed E-state index contributed by atoms with van der Waals surface area (Å²) in [7, 11) is -0.361. The zero-order chi connectivity index (χ0) is 23.1. The third kappa shape index (κ3) is 5.95. The third-order valence-corrected chi connectivity index (χ3v) is 7.64. The lowest BCUT2D eigenvalue weighted by molar-refractivity contribution is -0.130. The van der Waals surface area contributed by atoms with Crippen LogP contribution in [0.4, 0.5) is 0 Å². The first kappa shape index (κ1) is 23.9. The highest BCUT2D eigenvalue weighted by molar-refractivity contribution is 7.89. The third-order valence-electron chi connectivity index (χ3n) is 5.72. The fourth-order valence-electron chi connectivity index (χ4n) is 3.75. The molecule has 1 aliphatic rings. The molecule has 8 heteroatoms. The summed E-state index contributed by atoms with van der Waals surface area (Å²) in [6.45, 7) is 1.60. The van der Waals surface area contributed by atoms with E-state index in [9.17, 15) is 18.0 Å². The fourth-order valence-corrected chi connectivity index (χ4v) is 5.27. The van der Waals surface area contributed by atoms with Gasteiger partial charge in [0.1, 0.15) is 0 Å². The maximum absolute atomic E-state index is 12.7. The number of methoxy groups -OCH3 is 1. The molecule has 0 spiro atoms. The van der Waals surface area contributed by atoms with Gasteiger partial charge in [0.05, 0.1) is 17.6 Å². The molecule has 0 bridgehead atoms. The first-order valence-corrected chi connectivity index (χ1v) is 12.3. The van der Waals surface area contributed by atoms with Crippen LogP contribution >= 0.6 is 0 Å².